The first-order chi connectivity index (χ1) is 15.5. The standard InChI is InChI=1S/C28H26ClNO2/c1-4-31-27-16-21(17-30-26-14-19(2)12-13-20(26)3)15-25(29)28(27)32-18-23-10-7-9-22-8-5-6-11-24(22)23/h5-17H,4,18H2,1-3H3. The SMILES string of the molecule is CCOc1cc(C=Nc2cc(C)ccc2C)cc(Cl)c1OCc1cccc2ccccc12. The van der Waals surface area contributed by atoms with Crippen molar-refractivity contribution in [2.75, 3.05) is 6.61 Å². The molecule has 0 amide bonds. The van der Waals surface area contributed by atoms with Gasteiger partial charge in [-0.05, 0) is 72.0 Å². The molecule has 0 unspecified atom stereocenters. The third kappa shape index (κ3) is 4.95. The normalized spacial score (nSPS) is 11.2. The summed E-state index contributed by atoms with van der Waals surface area (Å²) in [6.07, 6.45) is 1.81. The average molecular weight is 444 g/mol. The van der Waals surface area contributed by atoms with Crippen LogP contribution in [-0.4, -0.2) is 12.8 Å². The maximum absolute atomic E-state index is 6.63. The lowest BCUT2D eigenvalue weighted by Crippen LogP contribution is -2.02. The van der Waals surface area contributed by atoms with Crippen LogP contribution in [0.1, 0.15) is 29.2 Å². The van der Waals surface area contributed by atoms with Crippen molar-refractivity contribution in [2.45, 2.75) is 27.4 Å². The molecule has 0 N–H and O–H groups in total. The highest BCUT2D eigenvalue weighted by molar-refractivity contribution is 6.32. The summed E-state index contributed by atoms with van der Waals surface area (Å²) in [5, 5.41) is 2.85. The van der Waals surface area contributed by atoms with Crippen molar-refractivity contribution >= 4 is 34.3 Å². The third-order valence-corrected chi connectivity index (χ3v) is 5.58. The van der Waals surface area contributed by atoms with E-state index in [1.807, 2.05) is 43.5 Å². The summed E-state index contributed by atoms with van der Waals surface area (Å²) < 4.78 is 12.0. The summed E-state index contributed by atoms with van der Waals surface area (Å²) >= 11 is 6.63. The molecule has 0 atom stereocenters. The zero-order valence-electron chi connectivity index (χ0n) is 18.6. The summed E-state index contributed by atoms with van der Waals surface area (Å²) in [4.78, 5) is 4.66. The molecule has 0 saturated carbocycles. The maximum Gasteiger partial charge on any atom is 0.180 e. The van der Waals surface area contributed by atoms with Gasteiger partial charge < -0.3 is 9.47 Å². The smallest absolute Gasteiger partial charge is 0.180 e. The number of halogens is 1. The highest BCUT2D eigenvalue weighted by Gasteiger charge is 2.13. The minimum absolute atomic E-state index is 0.400. The molecule has 0 spiro atoms. The van der Waals surface area contributed by atoms with Crippen LogP contribution in [0.2, 0.25) is 5.02 Å². The number of hydrogen-bond donors (Lipinski definition) is 0. The predicted octanol–water partition coefficient (Wildman–Crippen LogP) is 7.84. The minimum atomic E-state index is 0.400. The Kier molecular flexibility index (Phi) is 6.77. The fourth-order valence-electron chi connectivity index (χ4n) is 3.64. The molecule has 4 aromatic rings. The molecule has 3 nitrogen and oxygen atoms in total. The van der Waals surface area contributed by atoms with Crippen LogP contribution >= 0.6 is 11.6 Å². The van der Waals surface area contributed by atoms with E-state index < -0.39 is 0 Å². The van der Waals surface area contributed by atoms with Gasteiger partial charge in [-0.25, -0.2) is 0 Å². The van der Waals surface area contributed by atoms with Gasteiger partial charge in [-0.3, -0.25) is 4.99 Å². The van der Waals surface area contributed by atoms with Crippen molar-refractivity contribution < 1.29 is 9.47 Å². The maximum atomic E-state index is 6.63. The Morgan fingerprint density at radius 3 is 2.56 bits per heavy atom. The van der Waals surface area contributed by atoms with Gasteiger partial charge in [0.2, 0.25) is 0 Å². The second kappa shape index (κ2) is 9.88. The number of rotatable bonds is 7. The van der Waals surface area contributed by atoms with E-state index in [2.05, 4.69) is 61.3 Å². The van der Waals surface area contributed by atoms with Gasteiger partial charge in [-0.1, -0.05) is 66.2 Å². The van der Waals surface area contributed by atoms with Crippen LogP contribution in [0.4, 0.5) is 5.69 Å². The van der Waals surface area contributed by atoms with Crippen molar-refractivity contribution in [3.63, 3.8) is 0 Å². The Morgan fingerprint density at radius 1 is 0.906 bits per heavy atom. The molecule has 0 heterocycles. The monoisotopic (exact) mass is 443 g/mol. The van der Waals surface area contributed by atoms with E-state index in [9.17, 15) is 0 Å². The average Bonchev–Trinajstić information content (AvgIpc) is 2.79. The minimum Gasteiger partial charge on any atom is -0.490 e. The lowest BCUT2D eigenvalue weighted by molar-refractivity contribution is 0.270. The number of aryl methyl sites for hydroxylation is 2. The first-order valence-electron chi connectivity index (χ1n) is 10.7. The number of hydrogen-bond acceptors (Lipinski definition) is 3. The van der Waals surface area contributed by atoms with E-state index in [-0.39, 0.29) is 0 Å². The van der Waals surface area contributed by atoms with E-state index in [1.165, 1.54) is 16.3 Å². The van der Waals surface area contributed by atoms with Gasteiger partial charge in [-0.2, -0.15) is 0 Å². The molecule has 0 bridgehead atoms. The lowest BCUT2D eigenvalue weighted by Gasteiger charge is -2.15. The summed E-state index contributed by atoms with van der Waals surface area (Å²) in [6, 6.07) is 24.5. The number of nitrogens with zero attached hydrogens (tertiary/aromatic N) is 1. The molecule has 0 radical (unpaired) electrons. The van der Waals surface area contributed by atoms with Gasteiger partial charge in [0.15, 0.2) is 11.5 Å². The summed E-state index contributed by atoms with van der Waals surface area (Å²) in [7, 11) is 0. The van der Waals surface area contributed by atoms with Crippen molar-refractivity contribution in [1.29, 1.82) is 0 Å². The first-order valence-corrected chi connectivity index (χ1v) is 11.1. The predicted molar refractivity (Wildman–Crippen MR) is 134 cm³/mol. The Labute approximate surface area is 194 Å². The van der Waals surface area contributed by atoms with Crippen molar-refractivity contribution in [1.82, 2.24) is 0 Å². The molecular weight excluding hydrogens is 418 g/mol. The molecule has 4 aromatic carbocycles. The molecule has 0 aromatic heterocycles. The van der Waals surface area contributed by atoms with Gasteiger partial charge >= 0.3 is 0 Å². The molecule has 0 saturated heterocycles. The highest BCUT2D eigenvalue weighted by Crippen LogP contribution is 2.37. The second-order valence-corrected chi connectivity index (χ2v) is 8.15. The zero-order valence-corrected chi connectivity index (χ0v) is 19.3. The van der Waals surface area contributed by atoms with E-state index in [0.717, 1.165) is 22.4 Å². The molecule has 32 heavy (non-hydrogen) atoms. The van der Waals surface area contributed by atoms with Crippen molar-refractivity contribution in [2.24, 2.45) is 4.99 Å². The van der Waals surface area contributed by atoms with Crippen LogP contribution < -0.4 is 9.47 Å². The van der Waals surface area contributed by atoms with E-state index in [4.69, 9.17) is 21.1 Å². The van der Waals surface area contributed by atoms with Gasteiger partial charge in [0.1, 0.15) is 6.61 Å². The van der Waals surface area contributed by atoms with Crippen LogP contribution in [0.25, 0.3) is 10.8 Å². The number of ether oxygens (including phenoxy) is 2. The van der Waals surface area contributed by atoms with Crippen LogP contribution in [0.3, 0.4) is 0 Å². The largest absolute Gasteiger partial charge is 0.490 e. The van der Waals surface area contributed by atoms with Crippen LogP contribution in [0, 0.1) is 13.8 Å². The van der Waals surface area contributed by atoms with E-state index in [0.29, 0.717) is 29.7 Å². The number of benzene rings is 4. The van der Waals surface area contributed by atoms with Gasteiger partial charge in [0.25, 0.3) is 0 Å². The second-order valence-electron chi connectivity index (χ2n) is 7.74. The van der Waals surface area contributed by atoms with Crippen molar-refractivity contribution in [3.05, 3.63) is 100 Å². The van der Waals surface area contributed by atoms with E-state index >= 15 is 0 Å². The lowest BCUT2D eigenvalue weighted by atomic mass is 10.1. The Morgan fingerprint density at radius 2 is 1.72 bits per heavy atom. The quantitative estimate of drug-likeness (QED) is 0.272. The molecule has 0 aliphatic heterocycles. The molecule has 0 fully saturated rings. The van der Waals surface area contributed by atoms with Crippen LogP contribution in [0.15, 0.2) is 77.8 Å². The summed E-state index contributed by atoms with van der Waals surface area (Å²) in [5.74, 6) is 1.16. The van der Waals surface area contributed by atoms with E-state index in [1.54, 1.807) is 0 Å². The molecular formula is C28H26ClNO2. The first kappa shape index (κ1) is 21.9. The highest BCUT2D eigenvalue weighted by atomic mass is 35.5. The molecule has 4 rings (SSSR count). The van der Waals surface area contributed by atoms with Gasteiger partial charge in [0.05, 0.1) is 17.3 Å². The topological polar surface area (TPSA) is 30.8 Å². The fourth-order valence-corrected chi connectivity index (χ4v) is 3.91. The van der Waals surface area contributed by atoms with Crippen LogP contribution in [0.5, 0.6) is 11.5 Å². The Bertz CT molecular complexity index is 1270. The molecule has 0 aliphatic carbocycles. The van der Waals surface area contributed by atoms with Gasteiger partial charge in [-0.15, -0.1) is 0 Å². The van der Waals surface area contributed by atoms with Gasteiger partial charge in [0, 0.05) is 6.21 Å². The fraction of sp³-hybridized carbons (Fsp3) is 0.179. The summed E-state index contributed by atoms with van der Waals surface area (Å²) in [5.41, 5.74) is 5.19. The third-order valence-electron chi connectivity index (χ3n) is 5.30. The molecule has 162 valence electrons. The molecule has 4 heteroatoms. The molecule has 0 aliphatic rings. The Hall–Kier alpha value is -3.30. The number of fused-ring (bicyclic) bond motifs is 1. The zero-order chi connectivity index (χ0) is 22.5. The van der Waals surface area contributed by atoms with Crippen LogP contribution in [-0.2, 0) is 6.61 Å². The Balaban J connectivity index is 1.61. The van der Waals surface area contributed by atoms with Crippen molar-refractivity contribution in [3.8, 4) is 11.5 Å². The summed E-state index contributed by atoms with van der Waals surface area (Å²) in [6.45, 7) is 6.97. The number of aliphatic imine (C=N–C) groups is 1.